The number of nitrogens with two attached hydrogens (primary N) is 1. The average molecular weight is 243 g/mol. The van der Waals surface area contributed by atoms with Gasteiger partial charge < -0.3 is 14.7 Å². The zero-order chi connectivity index (χ0) is 12.5. The molecule has 18 heavy (non-hydrogen) atoms. The monoisotopic (exact) mass is 243 g/mol. The minimum Gasteiger partial charge on any atom is -0.461 e. The predicted molar refractivity (Wildman–Crippen MR) is 62.8 cm³/mol. The maximum atomic E-state index is 11.9. The lowest BCUT2D eigenvalue weighted by molar-refractivity contribution is 0.0946. The van der Waals surface area contributed by atoms with Crippen LogP contribution in [0.5, 0.6) is 0 Å². The second kappa shape index (κ2) is 3.95. The van der Waals surface area contributed by atoms with Crippen LogP contribution < -0.4 is 5.73 Å². The molecule has 0 aliphatic heterocycles. The van der Waals surface area contributed by atoms with Crippen molar-refractivity contribution in [1.29, 1.82) is 0 Å². The number of Topliss-reactive ketones (excluding diaryl/α,β-unsaturated/α-hetero) is 1. The lowest BCUT2D eigenvalue weighted by Crippen LogP contribution is -2.09. The summed E-state index contributed by atoms with van der Waals surface area (Å²) in [5.74, 6) is 0.444. The minimum absolute atomic E-state index is 0.0977. The van der Waals surface area contributed by atoms with Gasteiger partial charge in [-0.3, -0.25) is 4.79 Å². The summed E-state index contributed by atoms with van der Waals surface area (Å²) >= 11 is 0. The Morgan fingerprint density at radius 3 is 3.06 bits per heavy atom. The summed E-state index contributed by atoms with van der Waals surface area (Å²) in [6.45, 7) is 0.0977. The van der Waals surface area contributed by atoms with E-state index in [0.29, 0.717) is 22.7 Å². The van der Waals surface area contributed by atoms with E-state index in [4.69, 9.17) is 10.2 Å². The Balaban J connectivity index is 1.96. The van der Waals surface area contributed by atoms with Gasteiger partial charge in [-0.2, -0.15) is 0 Å². The van der Waals surface area contributed by atoms with Gasteiger partial charge >= 0.3 is 0 Å². The summed E-state index contributed by atoms with van der Waals surface area (Å²) < 4.78 is 6.65. The lowest BCUT2D eigenvalue weighted by Gasteiger charge is -2.00. The van der Waals surface area contributed by atoms with Gasteiger partial charge in [-0.05, 0) is 12.1 Å². The van der Waals surface area contributed by atoms with Gasteiger partial charge in [0.1, 0.15) is 11.8 Å². The van der Waals surface area contributed by atoms with Crippen LogP contribution in [0.3, 0.4) is 0 Å². The molecule has 2 N–H and O–H groups in total. The van der Waals surface area contributed by atoms with Crippen molar-refractivity contribution in [2.24, 2.45) is 0 Å². The number of hydrogen-bond donors (Lipinski definition) is 1. The van der Waals surface area contributed by atoms with Crippen molar-refractivity contribution in [3.8, 4) is 0 Å². The van der Waals surface area contributed by atoms with Gasteiger partial charge in [-0.25, -0.2) is 15.0 Å². The normalized spacial score (nSPS) is 10.9. The van der Waals surface area contributed by atoms with Crippen molar-refractivity contribution >= 4 is 22.8 Å². The highest BCUT2D eigenvalue weighted by molar-refractivity contribution is 5.94. The summed E-state index contributed by atoms with van der Waals surface area (Å²) in [7, 11) is 0. The molecule has 0 unspecified atom stereocenters. The third kappa shape index (κ3) is 1.61. The van der Waals surface area contributed by atoms with Crippen LogP contribution in [0.1, 0.15) is 10.6 Å². The number of fused-ring (bicyclic) bond motifs is 1. The molecule has 0 saturated heterocycles. The maximum Gasteiger partial charge on any atom is 0.217 e. The highest BCUT2D eigenvalue weighted by Crippen LogP contribution is 2.14. The number of carbonyl (C=O) groups is 1. The van der Waals surface area contributed by atoms with Gasteiger partial charge in [-0.1, -0.05) is 0 Å². The van der Waals surface area contributed by atoms with Gasteiger partial charge in [0.2, 0.25) is 5.78 Å². The van der Waals surface area contributed by atoms with E-state index in [0.717, 1.165) is 0 Å². The van der Waals surface area contributed by atoms with Crippen LogP contribution in [0.2, 0.25) is 0 Å². The van der Waals surface area contributed by atoms with Crippen molar-refractivity contribution in [2.75, 3.05) is 5.73 Å². The number of anilines is 1. The largest absolute Gasteiger partial charge is 0.461 e. The standard InChI is InChI=1S/C11H9N5O2/c12-10-9-11(14-5-13-10)16(6-15-9)4-7(17)8-2-1-3-18-8/h1-3,5-6H,4H2,(H2,12,13,14). The second-order valence-electron chi connectivity index (χ2n) is 3.70. The highest BCUT2D eigenvalue weighted by atomic mass is 16.3. The molecule has 0 saturated carbocycles. The second-order valence-corrected chi connectivity index (χ2v) is 3.70. The zero-order valence-corrected chi connectivity index (χ0v) is 9.28. The maximum absolute atomic E-state index is 11.9. The lowest BCUT2D eigenvalue weighted by atomic mass is 10.3. The van der Waals surface area contributed by atoms with E-state index >= 15 is 0 Å². The van der Waals surface area contributed by atoms with Gasteiger partial charge in [0, 0.05) is 0 Å². The van der Waals surface area contributed by atoms with E-state index in [1.54, 1.807) is 16.7 Å². The molecule has 3 heterocycles. The Morgan fingerprint density at radius 2 is 2.28 bits per heavy atom. The number of carbonyl (C=O) groups excluding carboxylic acids is 1. The first-order chi connectivity index (χ1) is 8.75. The molecule has 0 aliphatic carbocycles. The molecule has 7 nitrogen and oxygen atoms in total. The summed E-state index contributed by atoms with van der Waals surface area (Å²) in [5, 5.41) is 0. The van der Waals surface area contributed by atoms with Gasteiger partial charge in [0.15, 0.2) is 17.2 Å². The minimum atomic E-state index is -0.156. The molecule has 0 bridgehead atoms. The van der Waals surface area contributed by atoms with Crippen LogP contribution in [0.4, 0.5) is 5.82 Å². The molecule has 0 radical (unpaired) electrons. The number of nitrogen functional groups attached to an aromatic ring is 1. The zero-order valence-electron chi connectivity index (χ0n) is 9.28. The molecule has 90 valence electrons. The van der Waals surface area contributed by atoms with Crippen molar-refractivity contribution in [3.05, 3.63) is 36.8 Å². The van der Waals surface area contributed by atoms with E-state index in [9.17, 15) is 4.79 Å². The smallest absolute Gasteiger partial charge is 0.217 e. The molecule has 3 aromatic heterocycles. The fourth-order valence-electron chi connectivity index (χ4n) is 1.68. The third-order valence-corrected chi connectivity index (χ3v) is 2.54. The number of imidazole rings is 1. The first-order valence-electron chi connectivity index (χ1n) is 5.23. The van der Waals surface area contributed by atoms with E-state index < -0.39 is 0 Å². The summed E-state index contributed by atoms with van der Waals surface area (Å²) in [5.41, 5.74) is 6.69. The Kier molecular flexibility index (Phi) is 2.30. The van der Waals surface area contributed by atoms with Crippen molar-refractivity contribution < 1.29 is 9.21 Å². The molecule has 0 atom stereocenters. The predicted octanol–water partition coefficient (Wildman–Crippen LogP) is 0.884. The highest BCUT2D eigenvalue weighted by Gasteiger charge is 2.13. The van der Waals surface area contributed by atoms with Gasteiger partial charge in [0.05, 0.1) is 19.1 Å². The quantitative estimate of drug-likeness (QED) is 0.685. The number of furan rings is 1. The van der Waals surface area contributed by atoms with Crippen LogP contribution in [-0.2, 0) is 6.54 Å². The number of hydrogen-bond acceptors (Lipinski definition) is 6. The topological polar surface area (TPSA) is 99.8 Å². The first-order valence-corrected chi connectivity index (χ1v) is 5.23. The summed E-state index contributed by atoms with van der Waals surface area (Å²) in [6, 6.07) is 3.28. The molecule has 3 aromatic rings. The third-order valence-electron chi connectivity index (χ3n) is 2.54. The van der Waals surface area contributed by atoms with Crippen LogP contribution in [0.15, 0.2) is 35.5 Å². The SMILES string of the molecule is Nc1ncnc2c1ncn2CC(=O)c1ccco1. The Morgan fingerprint density at radius 1 is 1.39 bits per heavy atom. The first kappa shape index (κ1) is 10.5. The molecule has 0 spiro atoms. The molecule has 7 heteroatoms. The fourth-order valence-corrected chi connectivity index (χ4v) is 1.68. The van der Waals surface area contributed by atoms with E-state index in [1.165, 1.54) is 18.9 Å². The van der Waals surface area contributed by atoms with Crippen LogP contribution in [0, 0.1) is 0 Å². The van der Waals surface area contributed by atoms with E-state index in [1.807, 2.05) is 0 Å². The summed E-state index contributed by atoms with van der Waals surface area (Å²) in [4.78, 5) is 23.9. The molecule has 0 aliphatic rings. The number of aromatic nitrogens is 4. The van der Waals surface area contributed by atoms with E-state index in [-0.39, 0.29) is 12.3 Å². The van der Waals surface area contributed by atoms with Gasteiger partial charge in [-0.15, -0.1) is 0 Å². The molecule has 0 aromatic carbocycles. The van der Waals surface area contributed by atoms with Crippen LogP contribution in [0.25, 0.3) is 11.2 Å². The van der Waals surface area contributed by atoms with Crippen molar-refractivity contribution in [1.82, 2.24) is 19.5 Å². The number of ketones is 1. The van der Waals surface area contributed by atoms with Crippen molar-refractivity contribution in [3.63, 3.8) is 0 Å². The van der Waals surface area contributed by atoms with Gasteiger partial charge in [0.25, 0.3) is 0 Å². The molecular formula is C11H9N5O2. The van der Waals surface area contributed by atoms with Crippen LogP contribution >= 0.6 is 0 Å². The fraction of sp³-hybridized carbons (Fsp3) is 0.0909. The molecular weight excluding hydrogens is 234 g/mol. The molecule has 3 rings (SSSR count). The van der Waals surface area contributed by atoms with Crippen LogP contribution in [-0.4, -0.2) is 25.3 Å². The summed E-state index contributed by atoms with van der Waals surface area (Å²) in [6.07, 6.45) is 4.31. The molecule has 0 fully saturated rings. The Bertz CT molecular complexity index is 701. The number of rotatable bonds is 3. The van der Waals surface area contributed by atoms with Crippen molar-refractivity contribution in [2.45, 2.75) is 6.54 Å². The molecule has 0 amide bonds. The average Bonchev–Trinajstić information content (AvgIpc) is 2.99. The van der Waals surface area contributed by atoms with E-state index in [2.05, 4.69) is 15.0 Å². The Hall–Kier alpha value is -2.70. The Labute approximate surface area is 101 Å². The number of nitrogens with zero attached hydrogens (tertiary/aromatic N) is 4.